The number of nitrogen functional groups attached to an aromatic ring is 1. The van der Waals surface area contributed by atoms with Crippen LogP contribution in [0.5, 0.6) is 0 Å². The first-order chi connectivity index (χ1) is 8.66. The van der Waals surface area contributed by atoms with Gasteiger partial charge in [0.25, 0.3) is 5.91 Å². The number of fused-ring (bicyclic) bond motifs is 1. The van der Waals surface area contributed by atoms with Gasteiger partial charge in [0.1, 0.15) is 0 Å². The van der Waals surface area contributed by atoms with Gasteiger partial charge in [0.15, 0.2) is 0 Å². The van der Waals surface area contributed by atoms with E-state index in [1.165, 1.54) is 0 Å². The second kappa shape index (κ2) is 4.03. The summed E-state index contributed by atoms with van der Waals surface area (Å²) < 4.78 is 0. The van der Waals surface area contributed by atoms with Crippen LogP contribution >= 0.6 is 11.6 Å². The fourth-order valence-corrected chi connectivity index (χ4v) is 2.40. The Kier molecular flexibility index (Phi) is 2.49. The van der Waals surface area contributed by atoms with E-state index in [1.807, 2.05) is 30.3 Å². The quantitative estimate of drug-likeness (QED) is 0.773. The predicted molar refractivity (Wildman–Crippen MR) is 72.5 cm³/mol. The van der Waals surface area contributed by atoms with Crippen molar-refractivity contribution in [2.24, 2.45) is 0 Å². The Morgan fingerprint density at radius 2 is 1.94 bits per heavy atom. The van der Waals surface area contributed by atoms with E-state index in [0.29, 0.717) is 17.3 Å². The van der Waals surface area contributed by atoms with Gasteiger partial charge in [-0.25, -0.2) is 0 Å². The van der Waals surface area contributed by atoms with Crippen molar-refractivity contribution in [3.8, 4) is 11.1 Å². The number of rotatable bonds is 1. The molecule has 0 unspecified atom stereocenters. The molecule has 0 aromatic heterocycles. The molecule has 1 aliphatic rings. The van der Waals surface area contributed by atoms with Gasteiger partial charge in [0.2, 0.25) is 0 Å². The lowest BCUT2D eigenvalue weighted by molar-refractivity contribution is 0.0966. The van der Waals surface area contributed by atoms with E-state index in [4.69, 9.17) is 17.3 Å². The van der Waals surface area contributed by atoms with Crippen molar-refractivity contribution in [3.63, 3.8) is 0 Å². The summed E-state index contributed by atoms with van der Waals surface area (Å²) in [5.74, 6) is -0.0200. The van der Waals surface area contributed by atoms with Crippen LogP contribution < -0.4 is 11.1 Å². The number of amides is 1. The monoisotopic (exact) mass is 258 g/mol. The second-order valence-corrected chi connectivity index (χ2v) is 4.66. The summed E-state index contributed by atoms with van der Waals surface area (Å²) in [4.78, 5) is 11.6. The highest BCUT2D eigenvalue weighted by atomic mass is 35.5. The van der Waals surface area contributed by atoms with Crippen LogP contribution in [-0.4, -0.2) is 5.91 Å². The molecule has 4 heteroatoms. The normalized spacial score (nSPS) is 13.3. The van der Waals surface area contributed by atoms with Gasteiger partial charge in [-0.15, -0.1) is 0 Å². The lowest BCUT2D eigenvalue weighted by atomic mass is 9.97. The van der Waals surface area contributed by atoms with Crippen LogP contribution in [0.1, 0.15) is 15.9 Å². The fourth-order valence-electron chi connectivity index (χ4n) is 2.22. The molecule has 0 atom stereocenters. The Hall–Kier alpha value is -2.00. The maximum atomic E-state index is 11.6. The minimum Gasteiger partial charge on any atom is -0.398 e. The molecule has 3 rings (SSSR count). The van der Waals surface area contributed by atoms with Crippen LogP contribution in [0, 0.1) is 0 Å². The SMILES string of the molecule is Nc1ccc(-c2cccc3c2CNC3=O)cc1Cl. The molecule has 0 fully saturated rings. The van der Waals surface area contributed by atoms with Gasteiger partial charge in [0.05, 0.1) is 10.7 Å². The summed E-state index contributed by atoms with van der Waals surface area (Å²) in [6.45, 7) is 0.562. The Morgan fingerprint density at radius 3 is 2.72 bits per heavy atom. The molecule has 0 aliphatic carbocycles. The van der Waals surface area contributed by atoms with Crippen LogP contribution in [-0.2, 0) is 6.54 Å². The summed E-state index contributed by atoms with van der Waals surface area (Å²) in [6, 6.07) is 11.2. The third kappa shape index (κ3) is 1.64. The van der Waals surface area contributed by atoms with Crippen LogP contribution in [0.3, 0.4) is 0 Å². The Morgan fingerprint density at radius 1 is 1.17 bits per heavy atom. The van der Waals surface area contributed by atoms with Gasteiger partial charge in [-0.2, -0.15) is 0 Å². The second-order valence-electron chi connectivity index (χ2n) is 4.25. The average molecular weight is 259 g/mol. The number of hydrogen-bond donors (Lipinski definition) is 2. The van der Waals surface area contributed by atoms with E-state index in [-0.39, 0.29) is 5.91 Å². The van der Waals surface area contributed by atoms with Crippen LogP contribution in [0.4, 0.5) is 5.69 Å². The molecule has 0 saturated heterocycles. The zero-order valence-electron chi connectivity index (χ0n) is 9.53. The highest BCUT2D eigenvalue weighted by Gasteiger charge is 2.21. The summed E-state index contributed by atoms with van der Waals surface area (Å²) in [5, 5.41) is 3.35. The summed E-state index contributed by atoms with van der Waals surface area (Å²) >= 11 is 6.04. The van der Waals surface area contributed by atoms with Crippen LogP contribution in [0.15, 0.2) is 36.4 Å². The Balaban J connectivity index is 2.18. The van der Waals surface area contributed by atoms with Crippen LogP contribution in [0.25, 0.3) is 11.1 Å². The minimum absolute atomic E-state index is 0.0200. The number of nitrogens with one attached hydrogen (secondary N) is 1. The van der Waals surface area contributed by atoms with E-state index in [9.17, 15) is 4.79 Å². The number of benzene rings is 2. The van der Waals surface area contributed by atoms with Crippen molar-refractivity contribution in [2.75, 3.05) is 5.73 Å². The molecule has 1 heterocycles. The van der Waals surface area contributed by atoms with E-state index in [2.05, 4.69) is 5.32 Å². The molecule has 2 aromatic carbocycles. The van der Waals surface area contributed by atoms with Crippen LogP contribution in [0.2, 0.25) is 5.02 Å². The van der Waals surface area contributed by atoms with Crippen molar-refractivity contribution >= 4 is 23.2 Å². The number of nitrogens with two attached hydrogens (primary N) is 1. The van der Waals surface area contributed by atoms with Crippen molar-refractivity contribution in [3.05, 3.63) is 52.5 Å². The third-order valence-electron chi connectivity index (χ3n) is 3.16. The number of halogens is 1. The molecule has 18 heavy (non-hydrogen) atoms. The first kappa shape index (κ1) is 11.1. The molecule has 0 spiro atoms. The first-order valence-corrected chi connectivity index (χ1v) is 6.00. The fraction of sp³-hybridized carbons (Fsp3) is 0.0714. The molecular formula is C14H11ClN2O. The lowest BCUT2D eigenvalue weighted by Gasteiger charge is -2.08. The number of hydrogen-bond acceptors (Lipinski definition) is 2. The maximum absolute atomic E-state index is 11.6. The Labute approximate surface area is 110 Å². The Bertz CT molecular complexity index is 652. The number of carbonyl (C=O) groups excluding carboxylic acids is 1. The highest BCUT2D eigenvalue weighted by molar-refractivity contribution is 6.33. The molecule has 3 nitrogen and oxygen atoms in total. The van der Waals surface area contributed by atoms with Crippen molar-refractivity contribution in [1.82, 2.24) is 5.32 Å². The minimum atomic E-state index is -0.0200. The van der Waals surface area contributed by atoms with E-state index in [1.54, 1.807) is 6.07 Å². The first-order valence-electron chi connectivity index (χ1n) is 5.62. The largest absolute Gasteiger partial charge is 0.398 e. The van der Waals surface area contributed by atoms with Gasteiger partial charge >= 0.3 is 0 Å². The maximum Gasteiger partial charge on any atom is 0.251 e. The van der Waals surface area contributed by atoms with E-state index >= 15 is 0 Å². The molecule has 0 radical (unpaired) electrons. The number of anilines is 1. The van der Waals surface area contributed by atoms with Gasteiger partial charge in [-0.1, -0.05) is 29.8 Å². The lowest BCUT2D eigenvalue weighted by Crippen LogP contribution is -2.12. The van der Waals surface area contributed by atoms with Gasteiger partial charge in [-0.05, 0) is 34.9 Å². The van der Waals surface area contributed by atoms with Crippen molar-refractivity contribution < 1.29 is 4.79 Å². The van der Waals surface area contributed by atoms with Crippen molar-refractivity contribution in [1.29, 1.82) is 0 Å². The predicted octanol–water partition coefficient (Wildman–Crippen LogP) is 2.83. The molecule has 2 aromatic rings. The molecule has 1 aliphatic heterocycles. The molecular weight excluding hydrogens is 248 g/mol. The zero-order valence-corrected chi connectivity index (χ0v) is 10.3. The van der Waals surface area contributed by atoms with Gasteiger partial charge in [-0.3, -0.25) is 4.79 Å². The van der Waals surface area contributed by atoms with Crippen molar-refractivity contribution in [2.45, 2.75) is 6.54 Å². The molecule has 0 bridgehead atoms. The molecule has 1 amide bonds. The number of carbonyl (C=O) groups is 1. The smallest absolute Gasteiger partial charge is 0.251 e. The molecule has 90 valence electrons. The standard InChI is InChI=1S/C14H11ClN2O/c15-12-6-8(4-5-13(12)16)9-2-1-3-10-11(9)7-17-14(10)18/h1-6H,7,16H2,(H,17,18). The molecule has 3 N–H and O–H groups in total. The summed E-state index contributed by atoms with van der Waals surface area (Å²) in [6.07, 6.45) is 0. The van der Waals surface area contributed by atoms with Gasteiger partial charge < -0.3 is 11.1 Å². The third-order valence-corrected chi connectivity index (χ3v) is 3.49. The molecule has 0 saturated carbocycles. The topological polar surface area (TPSA) is 55.1 Å². The van der Waals surface area contributed by atoms with E-state index < -0.39 is 0 Å². The zero-order chi connectivity index (χ0) is 12.7. The average Bonchev–Trinajstić information content (AvgIpc) is 2.75. The summed E-state index contributed by atoms with van der Waals surface area (Å²) in [7, 11) is 0. The highest BCUT2D eigenvalue weighted by Crippen LogP contribution is 2.32. The summed E-state index contributed by atoms with van der Waals surface area (Å²) in [5.41, 5.74) is 10.0. The van der Waals surface area contributed by atoms with Gasteiger partial charge in [0, 0.05) is 12.1 Å². The van der Waals surface area contributed by atoms with E-state index in [0.717, 1.165) is 22.3 Å².